The molecule has 2 aromatic heterocycles. The molecule has 20 heavy (non-hydrogen) atoms. The Labute approximate surface area is 125 Å². The van der Waals surface area contributed by atoms with E-state index in [-0.39, 0.29) is 16.0 Å². The highest BCUT2D eigenvalue weighted by atomic mass is 35.5. The van der Waals surface area contributed by atoms with E-state index in [1.807, 2.05) is 0 Å². The van der Waals surface area contributed by atoms with Crippen LogP contribution in [-0.2, 0) is 0 Å². The number of aromatic nitrogens is 3. The van der Waals surface area contributed by atoms with Crippen molar-refractivity contribution in [3.63, 3.8) is 0 Å². The molecule has 8 heteroatoms. The molecule has 1 saturated heterocycles. The highest BCUT2D eigenvalue weighted by molar-refractivity contribution is 6.30. The van der Waals surface area contributed by atoms with Crippen LogP contribution >= 0.6 is 23.2 Å². The van der Waals surface area contributed by atoms with Gasteiger partial charge in [0.15, 0.2) is 11.0 Å². The minimum atomic E-state index is -0.663. The van der Waals surface area contributed by atoms with Gasteiger partial charge in [-0.25, -0.2) is 14.4 Å². The monoisotopic (exact) mass is 315 g/mol. The number of piperazine rings is 1. The summed E-state index contributed by atoms with van der Waals surface area (Å²) in [6.45, 7) is 3.41. The molecule has 0 aliphatic carbocycles. The van der Waals surface area contributed by atoms with Crippen LogP contribution in [0.25, 0.3) is 10.9 Å². The maximum Gasteiger partial charge on any atom is 0.225 e. The van der Waals surface area contributed by atoms with Crippen LogP contribution in [-0.4, -0.2) is 53.1 Å². The second kappa shape index (κ2) is 5.27. The van der Waals surface area contributed by atoms with Crippen LogP contribution in [0, 0.1) is 5.82 Å². The summed E-state index contributed by atoms with van der Waals surface area (Å²) in [7, 11) is 2.06. The molecule has 1 fully saturated rings. The Bertz CT molecular complexity index is 658. The van der Waals surface area contributed by atoms with E-state index in [1.165, 1.54) is 6.20 Å². The minimum absolute atomic E-state index is 0.00703. The molecule has 5 nitrogen and oxygen atoms in total. The van der Waals surface area contributed by atoms with E-state index in [0.29, 0.717) is 11.2 Å². The molecule has 0 radical (unpaired) electrons. The number of hydrogen-bond donors (Lipinski definition) is 0. The lowest BCUT2D eigenvalue weighted by atomic mass is 10.2. The topological polar surface area (TPSA) is 45.2 Å². The zero-order valence-electron chi connectivity index (χ0n) is 10.8. The third-order valence-electron chi connectivity index (χ3n) is 3.40. The van der Waals surface area contributed by atoms with Gasteiger partial charge in [-0.3, -0.25) is 0 Å². The van der Waals surface area contributed by atoms with Crippen molar-refractivity contribution in [3.05, 3.63) is 22.5 Å². The van der Waals surface area contributed by atoms with Gasteiger partial charge in [0.05, 0.1) is 5.39 Å². The van der Waals surface area contributed by atoms with Crippen LogP contribution in [0.3, 0.4) is 0 Å². The number of nitrogens with zero attached hydrogens (tertiary/aromatic N) is 5. The highest BCUT2D eigenvalue weighted by Crippen LogP contribution is 2.29. The number of fused-ring (bicyclic) bond motifs is 1. The van der Waals surface area contributed by atoms with Gasteiger partial charge in [-0.15, -0.1) is 0 Å². The van der Waals surface area contributed by atoms with Crippen LogP contribution in [0.15, 0.2) is 6.20 Å². The number of pyridine rings is 1. The Morgan fingerprint density at radius 1 is 1.15 bits per heavy atom. The standard InChI is InChI=1S/C12H12Cl2FN5/c1-19-2-4-20(5-3-19)11-7-6-16-10(13)8(15)9(7)17-12(14)18-11/h6H,2-5H2,1H3. The van der Waals surface area contributed by atoms with Gasteiger partial charge < -0.3 is 9.80 Å². The summed E-state index contributed by atoms with van der Waals surface area (Å²) >= 11 is 11.6. The van der Waals surface area contributed by atoms with Gasteiger partial charge in [0.1, 0.15) is 11.3 Å². The average molecular weight is 316 g/mol. The minimum Gasteiger partial charge on any atom is -0.353 e. The lowest BCUT2D eigenvalue weighted by Gasteiger charge is -2.33. The fourth-order valence-electron chi connectivity index (χ4n) is 2.25. The van der Waals surface area contributed by atoms with Gasteiger partial charge >= 0.3 is 0 Å². The zero-order valence-corrected chi connectivity index (χ0v) is 12.3. The van der Waals surface area contributed by atoms with Crippen LogP contribution in [0.1, 0.15) is 0 Å². The largest absolute Gasteiger partial charge is 0.353 e. The first-order chi connectivity index (χ1) is 9.56. The normalized spacial score (nSPS) is 16.9. The molecule has 3 rings (SSSR count). The van der Waals surface area contributed by atoms with Crippen molar-refractivity contribution in [1.29, 1.82) is 0 Å². The van der Waals surface area contributed by atoms with E-state index in [2.05, 4.69) is 31.8 Å². The Balaban J connectivity index is 2.13. The quantitative estimate of drug-likeness (QED) is 0.596. The SMILES string of the molecule is CN1CCN(c2nc(Cl)nc3c(F)c(Cl)ncc23)CC1. The molecule has 1 aliphatic rings. The van der Waals surface area contributed by atoms with E-state index in [4.69, 9.17) is 23.2 Å². The Morgan fingerprint density at radius 3 is 2.55 bits per heavy atom. The predicted octanol–water partition coefficient (Wildman–Crippen LogP) is 2.22. The average Bonchev–Trinajstić information content (AvgIpc) is 2.43. The fourth-order valence-corrected chi connectivity index (χ4v) is 2.55. The summed E-state index contributed by atoms with van der Waals surface area (Å²) in [5, 5.41) is 0.324. The van der Waals surface area contributed by atoms with Gasteiger partial charge in [-0.2, -0.15) is 4.98 Å². The fraction of sp³-hybridized carbons (Fsp3) is 0.417. The number of rotatable bonds is 1. The first-order valence-corrected chi connectivity index (χ1v) is 6.92. The van der Waals surface area contributed by atoms with Crippen molar-refractivity contribution in [1.82, 2.24) is 19.9 Å². The summed E-state index contributed by atoms with van der Waals surface area (Å²) in [5.41, 5.74) is 0.110. The second-order valence-corrected chi connectivity index (χ2v) is 5.43. The molecule has 106 valence electrons. The van der Waals surface area contributed by atoms with E-state index in [9.17, 15) is 4.39 Å². The molecule has 0 spiro atoms. The second-order valence-electron chi connectivity index (χ2n) is 4.73. The van der Waals surface area contributed by atoms with E-state index in [0.717, 1.165) is 26.2 Å². The molecule has 0 amide bonds. The molecule has 2 aromatic rings. The first-order valence-electron chi connectivity index (χ1n) is 6.17. The molecule has 3 heterocycles. The van der Waals surface area contributed by atoms with Crippen molar-refractivity contribution >= 4 is 39.9 Å². The van der Waals surface area contributed by atoms with Crippen molar-refractivity contribution in [3.8, 4) is 0 Å². The lowest BCUT2D eigenvalue weighted by Crippen LogP contribution is -2.45. The predicted molar refractivity (Wildman–Crippen MR) is 77.0 cm³/mol. The number of likely N-dealkylation sites (N-methyl/N-ethyl adjacent to an activating group) is 1. The molecule has 0 atom stereocenters. The molecule has 0 aromatic carbocycles. The van der Waals surface area contributed by atoms with Gasteiger partial charge in [-0.05, 0) is 18.6 Å². The van der Waals surface area contributed by atoms with Crippen molar-refractivity contribution < 1.29 is 4.39 Å². The maximum atomic E-state index is 14.0. The van der Waals surface area contributed by atoms with Crippen molar-refractivity contribution in [2.75, 3.05) is 38.1 Å². The molecule has 0 unspecified atom stereocenters. The summed E-state index contributed by atoms with van der Waals surface area (Å²) in [6.07, 6.45) is 1.49. The summed E-state index contributed by atoms with van der Waals surface area (Å²) in [6, 6.07) is 0. The third-order valence-corrected chi connectivity index (χ3v) is 3.83. The van der Waals surface area contributed by atoms with Crippen LogP contribution < -0.4 is 4.90 Å². The summed E-state index contributed by atoms with van der Waals surface area (Å²) in [5.74, 6) is -0.0555. The van der Waals surface area contributed by atoms with Gasteiger partial charge in [0, 0.05) is 32.4 Å². The zero-order chi connectivity index (χ0) is 14.3. The Kier molecular flexibility index (Phi) is 3.62. The van der Waals surface area contributed by atoms with Gasteiger partial charge in [0.25, 0.3) is 0 Å². The molecular formula is C12H12Cl2FN5. The molecule has 1 aliphatic heterocycles. The third kappa shape index (κ3) is 2.39. The van der Waals surface area contributed by atoms with Crippen molar-refractivity contribution in [2.24, 2.45) is 0 Å². The van der Waals surface area contributed by atoms with E-state index in [1.54, 1.807) is 0 Å². The molecule has 0 N–H and O–H groups in total. The summed E-state index contributed by atoms with van der Waals surface area (Å²) < 4.78 is 14.0. The molecule has 0 bridgehead atoms. The van der Waals surface area contributed by atoms with Gasteiger partial charge in [-0.1, -0.05) is 11.6 Å². The van der Waals surface area contributed by atoms with E-state index >= 15 is 0 Å². The smallest absolute Gasteiger partial charge is 0.225 e. The molecule has 0 saturated carbocycles. The van der Waals surface area contributed by atoms with Gasteiger partial charge in [0.2, 0.25) is 5.28 Å². The number of hydrogen-bond acceptors (Lipinski definition) is 5. The maximum absolute atomic E-state index is 14.0. The Morgan fingerprint density at radius 2 is 1.85 bits per heavy atom. The summed E-state index contributed by atoms with van der Waals surface area (Å²) in [4.78, 5) is 16.3. The van der Waals surface area contributed by atoms with Crippen LogP contribution in [0.4, 0.5) is 10.2 Å². The van der Waals surface area contributed by atoms with Crippen LogP contribution in [0.2, 0.25) is 10.4 Å². The number of halogens is 3. The molecular weight excluding hydrogens is 304 g/mol. The lowest BCUT2D eigenvalue weighted by molar-refractivity contribution is 0.312. The van der Waals surface area contributed by atoms with Crippen LogP contribution in [0.5, 0.6) is 0 Å². The Hall–Kier alpha value is -1.24. The first kappa shape index (κ1) is 13.7. The van der Waals surface area contributed by atoms with E-state index < -0.39 is 5.82 Å². The number of anilines is 1. The highest BCUT2D eigenvalue weighted by Gasteiger charge is 2.21. The van der Waals surface area contributed by atoms with Crippen molar-refractivity contribution in [2.45, 2.75) is 0 Å².